The van der Waals surface area contributed by atoms with E-state index in [0.29, 0.717) is 25.8 Å². The van der Waals surface area contributed by atoms with Crippen molar-refractivity contribution in [3.05, 3.63) is 35.9 Å². The molecular formula is C23H32N2O3. The number of imide groups is 1. The maximum Gasteiger partial charge on any atom is 0.243 e. The number of carbonyl (C=O) groups is 3. The fourth-order valence-corrected chi connectivity index (χ4v) is 4.79. The highest BCUT2D eigenvalue weighted by Gasteiger charge is 2.65. The minimum atomic E-state index is -0.796. The summed E-state index contributed by atoms with van der Waals surface area (Å²) in [5.41, 5.74) is -0.0428. The highest BCUT2D eigenvalue weighted by molar-refractivity contribution is 6.07. The van der Waals surface area contributed by atoms with Crippen molar-refractivity contribution < 1.29 is 14.4 Å². The third-order valence-electron chi connectivity index (χ3n) is 7.17. The summed E-state index contributed by atoms with van der Waals surface area (Å²) in [6.07, 6.45) is 3.60. The Bertz CT molecular complexity index is 758. The van der Waals surface area contributed by atoms with Crippen LogP contribution in [0.3, 0.4) is 0 Å². The number of nitrogens with one attached hydrogen (secondary N) is 1. The van der Waals surface area contributed by atoms with Crippen molar-refractivity contribution in [3.63, 3.8) is 0 Å². The van der Waals surface area contributed by atoms with E-state index in [1.807, 2.05) is 51.1 Å². The van der Waals surface area contributed by atoms with E-state index in [1.165, 1.54) is 4.90 Å². The lowest BCUT2D eigenvalue weighted by atomic mass is 9.62. The number of amides is 3. The van der Waals surface area contributed by atoms with Crippen molar-refractivity contribution >= 4 is 17.7 Å². The number of piperidine rings is 1. The number of rotatable bonds is 7. The van der Waals surface area contributed by atoms with Crippen LogP contribution in [0.4, 0.5) is 0 Å². The Kier molecular flexibility index (Phi) is 5.64. The molecule has 5 nitrogen and oxygen atoms in total. The van der Waals surface area contributed by atoms with Gasteiger partial charge in [-0.25, -0.2) is 0 Å². The predicted octanol–water partition coefficient (Wildman–Crippen LogP) is 3.33. The Labute approximate surface area is 167 Å². The van der Waals surface area contributed by atoms with Crippen molar-refractivity contribution in [2.75, 3.05) is 6.54 Å². The molecule has 1 aliphatic heterocycles. The lowest BCUT2D eigenvalue weighted by Crippen LogP contribution is -2.64. The first-order valence-corrected chi connectivity index (χ1v) is 10.4. The molecule has 1 N–H and O–H groups in total. The Morgan fingerprint density at radius 1 is 1.21 bits per heavy atom. The van der Waals surface area contributed by atoms with Crippen molar-refractivity contribution in [3.8, 4) is 0 Å². The SMILES string of the molecule is CCCCNC(=O)C(Cc1ccccc1)N1C(=O)C2CCC(C)(C1=O)C2(C)C. The summed E-state index contributed by atoms with van der Waals surface area (Å²) < 4.78 is 0. The summed E-state index contributed by atoms with van der Waals surface area (Å²) in [4.78, 5) is 41.2. The smallest absolute Gasteiger partial charge is 0.243 e. The van der Waals surface area contributed by atoms with Gasteiger partial charge in [-0.05, 0) is 30.2 Å². The van der Waals surface area contributed by atoms with Crippen LogP contribution in [0.25, 0.3) is 0 Å². The summed E-state index contributed by atoms with van der Waals surface area (Å²) in [6.45, 7) is 8.62. The molecule has 1 saturated heterocycles. The molecule has 2 bridgehead atoms. The second-order valence-corrected chi connectivity index (χ2v) is 9.01. The molecular weight excluding hydrogens is 352 g/mol. The van der Waals surface area contributed by atoms with Crippen LogP contribution in [0, 0.1) is 16.7 Å². The van der Waals surface area contributed by atoms with E-state index in [9.17, 15) is 14.4 Å². The zero-order valence-corrected chi connectivity index (χ0v) is 17.5. The van der Waals surface area contributed by atoms with E-state index in [0.717, 1.165) is 18.4 Å². The average molecular weight is 385 g/mol. The third-order valence-corrected chi connectivity index (χ3v) is 7.17. The van der Waals surface area contributed by atoms with Gasteiger partial charge in [0.2, 0.25) is 17.7 Å². The van der Waals surface area contributed by atoms with Crippen molar-refractivity contribution in [1.29, 1.82) is 0 Å². The molecule has 1 heterocycles. The van der Waals surface area contributed by atoms with Crippen LogP contribution in [-0.2, 0) is 20.8 Å². The van der Waals surface area contributed by atoms with Gasteiger partial charge in [0.05, 0.1) is 5.41 Å². The van der Waals surface area contributed by atoms with Crippen molar-refractivity contribution in [1.82, 2.24) is 10.2 Å². The number of hydrogen-bond donors (Lipinski definition) is 1. The van der Waals surface area contributed by atoms with Crippen LogP contribution < -0.4 is 5.32 Å². The van der Waals surface area contributed by atoms with E-state index in [1.54, 1.807) is 0 Å². The number of unbranched alkanes of at least 4 members (excludes halogenated alkanes) is 1. The number of benzene rings is 1. The Morgan fingerprint density at radius 2 is 1.89 bits per heavy atom. The molecule has 1 aliphatic carbocycles. The van der Waals surface area contributed by atoms with E-state index in [-0.39, 0.29) is 29.1 Å². The Hall–Kier alpha value is -2.17. The first-order valence-electron chi connectivity index (χ1n) is 10.4. The second kappa shape index (κ2) is 7.69. The molecule has 3 atom stereocenters. The van der Waals surface area contributed by atoms with E-state index in [4.69, 9.17) is 0 Å². The molecule has 1 aromatic carbocycles. The van der Waals surface area contributed by atoms with E-state index in [2.05, 4.69) is 12.2 Å². The van der Waals surface area contributed by atoms with E-state index < -0.39 is 11.5 Å². The number of nitrogens with zero attached hydrogens (tertiary/aromatic N) is 1. The Morgan fingerprint density at radius 3 is 2.54 bits per heavy atom. The van der Waals surface area contributed by atoms with Gasteiger partial charge in [-0.3, -0.25) is 19.3 Å². The summed E-state index contributed by atoms with van der Waals surface area (Å²) >= 11 is 0. The van der Waals surface area contributed by atoms with Crippen LogP contribution in [-0.4, -0.2) is 35.2 Å². The van der Waals surface area contributed by atoms with Crippen molar-refractivity contribution in [2.24, 2.45) is 16.7 Å². The molecule has 1 saturated carbocycles. The second-order valence-electron chi connectivity index (χ2n) is 9.01. The monoisotopic (exact) mass is 384 g/mol. The molecule has 3 rings (SSSR count). The lowest BCUT2D eigenvalue weighted by Gasteiger charge is -2.49. The topological polar surface area (TPSA) is 66.5 Å². The summed E-state index contributed by atoms with van der Waals surface area (Å²) in [7, 11) is 0. The van der Waals surface area contributed by atoms with Crippen LogP contribution >= 0.6 is 0 Å². The van der Waals surface area contributed by atoms with Gasteiger partial charge in [0.1, 0.15) is 6.04 Å². The predicted molar refractivity (Wildman–Crippen MR) is 108 cm³/mol. The van der Waals surface area contributed by atoms with Gasteiger partial charge in [-0.15, -0.1) is 0 Å². The molecule has 3 unspecified atom stereocenters. The molecule has 1 aromatic rings. The van der Waals surface area contributed by atoms with Gasteiger partial charge in [0, 0.05) is 18.9 Å². The quantitative estimate of drug-likeness (QED) is 0.579. The number of likely N-dealkylation sites (tertiary alicyclic amines) is 1. The van der Waals surface area contributed by atoms with E-state index >= 15 is 0 Å². The number of fused-ring (bicyclic) bond motifs is 2. The third kappa shape index (κ3) is 3.25. The summed E-state index contributed by atoms with van der Waals surface area (Å²) in [6, 6.07) is 8.82. The van der Waals surface area contributed by atoms with Crippen molar-refractivity contribution in [2.45, 2.75) is 65.8 Å². The fraction of sp³-hybridized carbons (Fsp3) is 0.609. The maximum absolute atomic E-state index is 13.5. The first kappa shape index (κ1) is 20.6. The fourth-order valence-electron chi connectivity index (χ4n) is 4.79. The molecule has 152 valence electrons. The van der Waals surface area contributed by atoms with Crippen LogP contribution in [0.5, 0.6) is 0 Å². The number of carbonyl (C=O) groups excluding carboxylic acids is 3. The first-order chi connectivity index (χ1) is 13.2. The largest absolute Gasteiger partial charge is 0.354 e. The highest BCUT2D eigenvalue weighted by atomic mass is 16.2. The van der Waals surface area contributed by atoms with Gasteiger partial charge in [-0.1, -0.05) is 64.4 Å². The standard InChI is InChI=1S/C23H32N2O3/c1-5-6-14-24-19(26)18(15-16-10-8-7-9-11-16)25-20(27)17-12-13-23(4,21(25)28)22(17,2)3/h7-11,17-18H,5-6,12-15H2,1-4H3,(H,24,26). The zero-order chi connectivity index (χ0) is 20.5. The maximum atomic E-state index is 13.5. The van der Waals surface area contributed by atoms with Gasteiger partial charge in [0.15, 0.2) is 0 Å². The molecule has 5 heteroatoms. The van der Waals surface area contributed by atoms with Crippen LogP contribution in [0.1, 0.15) is 58.9 Å². The molecule has 2 fully saturated rings. The number of hydrogen-bond acceptors (Lipinski definition) is 3. The lowest BCUT2D eigenvalue weighted by molar-refractivity contribution is -0.173. The minimum absolute atomic E-state index is 0.184. The molecule has 3 amide bonds. The highest BCUT2D eigenvalue weighted by Crippen LogP contribution is 2.60. The van der Waals surface area contributed by atoms with Gasteiger partial charge in [-0.2, -0.15) is 0 Å². The minimum Gasteiger partial charge on any atom is -0.354 e. The van der Waals surface area contributed by atoms with Crippen LogP contribution in [0.2, 0.25) is 0 Å². The van der Waals surface area contributed by atoms with Gasteiger partial charge < -0.3 is 5.32 Å². The Balaban J connectivity index is 1.94. The average Bonchev–Trinajstić information content (AvgIpc) is 2.85. The zero-order valence-electron chi connectivity index (χ0n) is 17.5. The van der Waals surface area contributed by atoms with Gasteiger partial charge in [0.25, 0.3) is 0 Å². The summed E-state index contributed by atoms with van der Waals surface area (Å²) in [5.74, 6) is -0.821. The molecule has 2 aliphatic rings. The molecule has 0 radical (unpaired) electrons. The van der Waals surface area contributed by atoms with Crippen LogP contribution in [0.15, 0.2) is 30.3 Å². The molecule has 0 aromatic heterocycles. The summed E-state index contributed by atoms with van der Waals surface area (Å²) in [5, 5.41) is 2.94. The normalized spacial score (nSPS) is 27.0. The molecule has 28 heavy (non-hydrogen) atoms. The molecule has 0 spiro atoms. The van der Waals surface area contributed by atoms with Gasteiger partial charge >= 0.3 is 0 Å².